The molecule has 3 amide bonds. The summed E-state index contributed by atoms with van der Waals surface area (Å²) in [5.41, 5.74) is 2.36. The fourth-order valence-electron chi connectivity index (χ4n) is 3.19. The highest BCUT2D eigenvalue weighted by Gasteiger charge is 2.19. The Morgan fingerprint density at radius 1 is 1.24 bits per heavy atom. The second-order valence-electron chi connectivity index (χ2n) is 6.24. The van der Waals surface area contributed by atoms with Crippen LogP contribution < -0.4 is 16.0 Å². The Morgan fingerprint density at radius 3 is 2.96 bits per heavy atom. The lowest BCUT2D eigenvalue weighted by atomic mass is 10.1. The lowest BCUT2D eigenvalue weighted by Crippen LogP contribution is -2.29. The number of rotatable bonds is 5. The van der Waals surface area contributed by atoms with E-state index in [1.807, 2.05) is 30.3 Å². The van der Waals surface area contributed by atoms with Crippen molar-refractivity contribution in [3.8, 4) is 0 Å². The van der Waals surface area contributed by atoms with Gasteiger partial charge < -0.3 is 20.9 Å². The number of aromatic amines is 1. The molecule has 4 N–H and O–H groups in total. The Morgan fingerprint density at radius 2 is 2.12 bits per heavy atom. The number of para-hydroxylation sites is 1. The summed E-state index contributed by atoms with van der Waals surface area (Å²) in [5.74, 6) is -0.180. The van der Waals surface area contributed by atoms with Crippen molar-refractivity contribution in [1.29, 1.82) is 0 Å². The molecule has 3 heterocycles. The summed E-state index contributed by atoms with van der Waals surface area (Å²) >= 11 is 0. The molecule has 128 valence electrons. The van der Waals surface area contributed by atoms with Crippen LogP contribution in [0.2, 0.25) is 0 Å². The van der Waals surface area contributed by atoms with E-state index in [9.17, 15) is 9.59 Å². The molecule has 0 bridgehead atoms. The van der Waals surface area contributed by atoms with Gasteiger partial charge in [0, 0.05) is 35.4 Å². The van der Waals surface area contributed by atoms with Gasteiger partial charge in [-0.1, -0.05) is 18.2 Å². The summed E-state index contributed by atoms with van der Waals surface area (Å²) < 4.78 is 0. The number of carbonyl (C=O) groups excluding carboxylic acids is 2. The standard InChI is InChI=1S/C18H19N5O2/c24-17(19-7-3-4-11-9-21-18(25)22-11)15-8-13-12-5-1-2-6-14(12)23-16(13)10-20-15/h1-2,5-6,8,10-11,23H,3-4,7,9H2,(H,19,24)(H2,21,22,25). The first-order chi connectivity index (χ1) is 12.2. The van der Waals surface area contributed by atoms with Gasteiger partial charge in [-0.2, -0.15) is 0 Å². The van der Waals surface area contributed by atoms with Gasteiger partial charge in [0.05, 0.1) is 11.7 Å². The van der Waals surface area contributed by atoms with Crippen LogP contribution in [0.15, 0.2) is 36.5 Å². The number of hydrogen-bond acceptors (Lipinski definition) is 3. The van der Waals surface area contributed by atoms with Crippen molar-refractivity contribution in [3.63, 3.8) is 0 Å². The van der Waals surface area contributed by atoms with Crippen LogP contribution in [-0.2, 0) is 0 Å². The molecule has 0 radical (unpaired) electrons. The number of amides is 3. The molecule has 1 aliphatic heterocycles. The van der Waals surface area contributed by atoms with Crippen molar-refractivity contribution < 1.29 is 9.59 Å². The minimum absolute atomic E-state index is 0.120. The van der Waals surface area contributed by atoms with Crippen molar-refractivity contribution >= 4 is 33.7 Å². The number of nitrogens with one attached hydrogen (secondary N) is 4. The third-order valence-corrected chi connectivity index (χ3v) is 4.48. The van der Waals surface area contributed by atoms with Crippen LogP contribution in [0.25, 0.3) is 21.8 Å². The quantitative estimate of drug-likeness (QED) is 0.535. The molecular formula is C18H19N5O2. The molecular weight excluding hydrogens is 318 g/mol. The zero-order valence-corrected chi connectivity index (χ0v) is 13.6. The number of fused-ring (bicyclic) bond motifs is 3. The summed E-state index contributed by atoms with van der Waals surface area (Å²) in [7, 11) is 0. The van der Waals surface area contributed by atoms with Crippen molar-refractivity contribution in [2.24, 2.45) is 0 Å². The average molecular weight is 337 g/mol. The molecule has 1 unspecified atom stereocenters. The number of aromatic nitrogens is 2. The Kier molecular flexibility index (Phi) is 3.97. The largest absolute Gasteiger partial charge is 0.353 e. The highest BCUT2D eigenvalue weighted by Crippen LogP contribution is 2.24. The average Bonchev–Trinajstić information content (AvgIpc) is 3.21. The first-order valence-corrected chi connectivity index (χ1v) is 8.40. The van der Waals surface area contributed by atoms with E-state index in [1.54, 1.807) is 6.20 Å². The maximum Gasteiger partial charge on any atom is 0.315 e. The van der Waals surface area contributed by atoms with Gasteiger partial charge >= 0.3 is 6.03 Å². The van der Waals surface area contributed by atoms with Crippen LogP contribution in [-0.4, -0.2) is 41.0 Å². The zero-order chi connectivity index (χ0) is 17.2. The summed E-state index contributed by atoms with van der Waals surface area (Å²) in [4.78, 5) is 30.9. The van der Waals surface area contributed by atoms with E-state index in [4.69, 9.17) is 0 Å². The minimum Gasteiger partial charge on any atom is -0.353 e. The molecule has 1 aliphatic rings. The third kappa shape index (κ3) is 3.13. The SMILES string of the molecule is O=C1NCC(CCCNC(=O)c2cc3c(cn2)[nH]c2ccccc23)N1. The number of urea groups is 1. The van der Waals surface area contributed by atoms with E-state index in [0.717, 1.165) is 34.6 Å². The van der Waals surface area contributed by atoms with Crippen LogP contribution in [0.1, 0.15) is 23.3 Å². The Balaban J connectivity index is 1.39. The topological polar surface area (TPSA) is 98.9 Å². The van der Waals surface area contributed by atoms with Crippen molar-refractivity contribution in [2.75, 3.05) is 13.1 Å². The first-order valence-electron chi connectivity index (χ1n) is 8.40. The van der Waals surface area contributed by atoms with Gasteiger partial charge in [0.15, 0.2) is 0 Å². The normalized spacial score (nSPS) is 16.8. The van der Waals surface area contributed by atoms with E-state index in [0.29, 0.717) is 18.8 Å². The predicted octanol–water partition coefficient (Wildman–Crippen LogP) is 1.91. The minimum atomic E-state index is -0.180. The second-order valence-corrected chi connectivity index (χ2v) is 6.24. The van der Waals surface area contributed by atoms with Gasteiger partial charge in [-0.25, -0.2) is 9.78 Å². The summed E-state index contributed by atoms with van der Waals surface area (Å²) in [6.07, 6.45) is 3.33. The predicted molar refractivity (Wildman–Crippen MR) is 95.5 cm³/mol. The molecule has 1 aromatic carbocycles. The number of carbonyl (C=O) groups is 2. The molecule has 7 nitrogen and oxygen atoms in total. The molecule has 1 fully saturated rings. The van der Waals surface area contributed by atoms with E-state index in [-0.39, 0.29) is 18.0 Å². The molecule has 1 saturated heterocycles. The lowest BCUT2D eigenvalue weighted by molar-refractivity contribution is 0.0948. The van der Waals surface area contributed by atoms with Gasteiger partial charge in [0.25, 0.3) is 5.91 Å². The fourth-order valence-corrected chi connectivity index (χ4v) is 3.19. The Hall–Kier alpha value is -3.09. The van der Waals surface area contributed by atoms with Crippen molar-refractivity contribution in [1.82, 2.24) is 25.9 Å². The van der Waals surface area contributed by atoms with Crippen molar-refractivity contribution in [3.05, 3.63) is 42.2 Å². The summed E-state index contributed by atoms with van der Waals surface area (Å²) in [5, 5.41) is 10.5. The molecule has 25 heavy (non-hydrogen) atoms. The van der Waals surface area contributed by atoms with Crippen LogP contribution in [0.4, 0.5) is 4.79 Å². The van der Waals surface area contributed by atoms with Crippen LogP contribution >= 0.6 is 0 Å². The molecule has 0 aliphatic carbocycles. The first kappa shape index (κ1) is 15.4. The second kappa shape index (κ2) is 6.43. The van der Waals surface area contributed by atoms with Crippen molar-refractivity contribution in [2.45, 2.75) is 18.9 Å². The molecule has 1 atom stereocenters. The molecule has 7 heteroatoms. The number of H-pyrrole nitrogens is 1. The van der Waals surface area contributed by atoms with Crippen LogP contribution in [0.5, 0.6) is 0 Å². The van der Waals surface area contributed by atoms with Gasteiger partial charge in [-0.05, 0) is 25.0 Å². The number of hydrogen-bond donors (Lipinski definition) is 4. The van der Waals surface area contributed by atoms with Gasteiger partial charge in [-0.15, -0.1) is 0 Å². The maximum absolute atomic E-state index is 12.3. The number of pyridine rings is 1. The highest BCUT2D eigenvalue weighted by molar-refractivity contribution is 6.09. The Labute approximate surface area is 144 Å². The molecule has 4 rings (SSSR count). The zero-order valence-electron chi connectivity index (χ0n) is 13.6. The van der Waals surface area contributed by atoms with Gasteiger partial charge in [0.2, 0.25) is 0 Å². The third-order valence-electron chi connectivity index (χ3n) is 4.48. The molecule has 3 aromatic rings. The fraction of sp³-hybridized carbons (Fsp3) is 0.278. The van der Waals surface area contributed by atoms with E-state index in [1.165, 1.54) is 0 Å². The monoisotopic (exact) mass is 337 g/mol. The highest BCUT2D eigenvalue weighted by atomic mass is 16.2. The summed E-state index contributed by atoms with van der Waals surface area (Å²) in [6, 6.07) is 9.83. The summed E-state index contributed by atoms with van der Waals surface area (Å²) in [6.45, 7) is 1.20. The number of nitrogens with zero attached hydrogens (tertiary/aromatic N) is 1. The lowest BCUT2D eigenvalue weighted by Gasteiger charge is -2.09. The Bertz CT molecular complexity index is 949. The molecule has 2 aromatic heterocycles. The van der Waals surface area contributed by atoms with Gasteiger partial charge in [0.1, 0.15) is 5.69 Å². The smallest absolute Gasteiger partial charge is 0.315 e. The van der Waals surface area contributed by atoms with Gasteiger partial charge in [-0.3, -0.25) is 4.79 Å². The number of benzene rings is 1. The van der Waals surface area contributed by atoms with E-state index in [2.05, 4.69) is 25.9 Å². The molecule has 0 spiro atoms. The molecule has 0 saturated carbocycles. The van der Waals surface area contributed by atoms with E-state index >= 15 is 0 Å². The maximum atomic E-state index is 12.3. The van der Waals surface area contributed by atoms with Crippen LogP contribution in [0, 0.1) is 0 Å². The van der Waals surface area contributed by atoms with Crippen LogP contribution in [0.3, 0.4) is 0 Å². The van der Waals surface area contributed by atoms with E-state index < -0.39 is 0 Å².